The van der Waals surface area contributed by atoms with Crippen molar-refractivity contribution in [2.24, 2.45) is 0 Å². The Labute approximate surface area is 160 Å². The molecule has 0 radical (unpaired) electrons. The standard InChI is InChI=1S/C23H36N2O/c1-2-3-4-5-6-7-8-9-10-11-12-13-14-15-23(26)25-22-18-16-21(20-24)17-19-22/h16-19H,2-15H2,1H3,(H,25,26). The maximum Gasteiger partial charge on any atom is 0.224 e. The molecule has 1 N–H and O–H groups in total. The smallest absolute Gasteiger partial charge is 0.224 e. The molecular weight excluding hydrogens is 320 g/mol. The summed E-state index contributed by atoms with van der Waals surface area (Å²) in [6, 6.07) is 9.08. The number of hydrogen-bond donors (Lipinski definition) is 1. The van der Waals surface area contributed by atoms with Crippen LogP contribution in [0, 0.1) is 11.3 Å². The molecule has 0 unspecified atom stereocenters. The number of nitrogens with one attached hydrogen (secondary N) is 1. The highest BCUT2D eigenvalue weighted by molar-refractivity contribution is 5.90. The fraction of sp³-hybridized carbons (Fsp3) is 0.652. The maximum absolute atomic E-state index is 11.9. The second kappa shape index (κ2) is 15.4. The first-order valence-corrected chi connectivity index (χ1v) is 10.6. The van der Waals surface area contributed by atoms with E-state index in [2.05, 4.69) is 18.3 Å². The fourth-order valence-corrected chi connectivity index (χ4v) is 3.15. The lowest BCUT2D eigenvalue weighted by Gasteiger charge is -2.05. The summed E-state index contributed by atoms with van der Waals surface area (Å²) in [5, 5.41) is 11.6. The fourth-order valence-electron chi connectivity index (χ4n) is 3.15. The topological polar surface area (TPSA) is 52.9 Å². The number of carbonyl (C=O) groups excluding carboxylic acids is 1. The molecule has 1 rings (SSSR count). The van der Waals surface area contributed by atoms with Crippen molar-refractivity contribution in [2.45, 2.75) is 96.8 Å². The predicted molar refractivity (Wildman–Crippen MR) is 110 cm³/mol. The van der Waals surface area contributed by atoms with Crippen LogP contribution < -0.4 is 5.32 Å². The molecule has 0 aromatic heterocycles. The van der Waals surface area contributed by atoms with Crippen molar-refractivity contribution in [3.63, 3.8) is 0 Å². The van der Waals surface area contributed by atoms with Crippen molar-refractivity contribution < 1.29 is 4.79 Å². The zero-order chi connectivity index (χ0) is 18.9. The quantitative estimate of drug-likeness (QED) is 0.345. The third-order valence-electron chi connectivity index (χ3n) is 4.81. The molecular formula is C23H36N2O. The first kappa shape index (κ1) is 22.2. The molecule has 3 heteroatoms. The number of unbranched alkanes of at least 4 members (excludes halogenated alkanes) is 12. The zero-order valence-electron chi connectivity index (χ0n) is 16.6. The molecule has 0 heterocycles. The highest BCUT2D eigenvalue weighted by Gasteiger charge is 2.02. The monoisotopic (exact) mass is 356 g/mol. The molecule has 26 heavy (non-hydrogen) atoms. The average molecular weight is 357 g/mol. The normalized spacial score (nSPS) is 10.5. The van der Waals surface area contributed by atoms with Crippen molar-refractivity contribution >= 4 is 11.6 Å². The van der Waals surface area contributed by atoms with E-state index in [1.165, 1.54) is 70.6 Å². The van der Waals surface area contributed by atoms with Gasteiger partial charge in [-0.05, 0) is 30.7 Å². The van der Waals surface area contributed by atoms with Crippen LogP contribution >= 0.6 is 0 Å². The van der Waals surface area contributed by atoms with Crippen LogP contribution in [0.1, 0.15) is 102 Å². The Balaban J connectivity index is 1.89. The van der Waals surface area contributed by atoms with Crippen molar-refractivity contribution in [1.82, 2.24) is 0 Å². The highest BCUT2D eigenvalue weighted by atomic mass is 16.1. The van der Waals surface area contributed by atoms with Crippen LogP contribution in [-0.4, -0.2) is 5.91 Å². The number of benzene rings is 1. The predicted octanol–water partition coefficient (Wildman–Crippen LogP) is 6.98. The van der Waals surface area contributed by atoms with E-state index in [0.717, 1.165) is 18.5 Å². The number of rotatable bonds is 15. The van der Waals surface area contributed by atoms with E-state index in [4.69, 9.17) is 5.26 Å². The summed E-state index contributed by atoms with van der Waals surface area (Å²) in [7, 11) is 0. The van der Waals surface area contributed by atoms with Crippen LogP contribution in [0.2, 0.25) is 0 Å². The molecule has 0 fully saturated rings. The van der Waals surface area contributed by atoms with E-state index in [1.807, 2.05) is 0 Å². The third-order valence-corrected chi connectivity index (χ3v) is 4.81. The van der Waals surface area contributed by atoms with Gasteiger partial charge >= 0.3 is 0 Å². The summed E-state index contributed by atoms with van der Waals surface area (Å²) < 4.78 is 0. The number of carbonyl (C=O) groups is 1. The van der Waals surface area contributed by atoms with Gasteiger partial charge in [0.25, 0.3) is 0 Å². The molecule has 0 saturated carbocycles. The van der Waals surface area contributed by atoms with Gasteiger partial charge in [-0.2, -0.15) is 5.26 Å². The van der Waals surface area contributed by atoms with Crippen LogP contribution in [0.25, 0.3) is 0 Å². The summed E-state index contributed by atoms with van der Waals surface area (Å²) in [5.74, 6) is 0.0674. The number of hydrogen-bond acceptors (Lipinski definition) is 2. The molecule has 0 spiro atoms. The van der Waals surface area contributed by atoms with Crippen LogP contribution in [0.4, 0.5) is 5.69 Å². The largest absolute Gasteiger partial charge is 0.326 e. The van der Waals surface area contributed by atoms with E-state index >= 15 is 0 Å². The van der Waals surface area contributed by atoms with Gasteiger partial charge in [0.1, 0.15) is 0 Å². The highest BCUT2D eigenvalue weighted by Crippen LogP contribution is 2.14. The SMILES string of the molecule is CCCCCCCCCCCCCCCC(=O)Nc1ccc(C#N)cc1. The average Bonchev–Trinajstić information content (AvgIpc) is 2.66. The molecule has 144 valence electrons. The third kappa shape index (κ3) is 11.7. The van der Waals surface area contributed by atoms with Gasteiger partial charge in [-0.25, -0.2) is 0 Å². The zero-order valence-corrected chi connectivity index (χ0v) is 16.6. The number of amides is 1. The molecule has 1 aromatic carbocycles. The van der Waals surface area contributed by atoms with E-state index < -0.39 is 0 Å². The minimum absolute atomic E-state index is 0.0674. The van der Waals surface area contributed by atoms with Gasteiger partial charge in [0, 0.05) is 12.1 Å². The van der Waals surface area contributed by atoms with Gasteiger partial charge in [0.05, 0.1) is 11.6 Å². The van der Waals surface area contributed by atoms with Gasteiger partial charge in [0.15, 0.2) is 0 Å². The molecule has 3 nitrogen and oxygen atoms in total. The van der Waals surface area contributed by atoms with E-state index in [-0.39, 0.29) is 5.91 Å². The number of nitriles is 1. The summed E-state index contributed by atoms with van der Waals surface area (Å²) in [4.78, 5) is 11.9. The molecule has 0 aliphatic rings. The minimum Gasteiger partial charge on any atom is -0.326 e. The Kier molecular flexibility index (Phi) is 13.2. The van der Waals surface area contributed by atoms with Crippen LogP contribution in [0.3, 0.4) is 0 Å². The van der Waals surface area contributed by atoms with Gasteiger partial charge in [-0.1, -0.05) is 84.0 Å². The van der Waals surface area contributed by atoms with Crippen molar-refractivity contribution in [1.29, 1.82) is 5.26 Å². The summed E-state index contributed by atoms with van der Waals surface area (Å²) in [6.45, 7) is 2.27. The lowest BCUT2D eigenvalue weighted by molar-refractivity contribution is -0.116. The maximum atomic E-state index is 11.9. The molecule has 1 amide bonds. The molecule has 0 saturated heterocycles. The van der Waals surface area contributed by atoms with Crippen LogP contribution in [0.15, 0.2) is 24.3 Å². The number of nitrogens with zero attached hydrogens (tertiary/aromatic N) is 1. The molecule has 0 aliphatic carbocycles. The summed E-state index contributed by atoms with van der Waals surface area (Å²) in [5.41, 5.74) is 1.38. The van der Waals surface area contributed by atoms with Crippen molar-refractivity contribution in [2.75, 3.05) is 5.32 Å². The van der Waals surface area contributed by atoms with Gasteiger partial charge < -0.3 is 5.32 Å². The van der Waals surface area contributed by atoms with Crippen LogP contribution in [0.5, 0.6) is 0 Å². The Morgan fingerprint density at radius 3 is 1.73 bits per heavy atom. The Bertz CT molecular complexity index is 516. The minimum atomic E-state index is 0.0674. The lowest BCUT2D eigenvalue weighted by Crippen LogP contribution is -2.10. The second-order valence-electron chi connectivity index (χ2n) is 7.23. The Hall–Kier alpha value is -1.82. The summed E-state index contributed by atoms with van der Waals surface area (Å²) in [6.07, 6.45) is 17.7. The second-order valence-corrected chi connectivity index (χ2v) is 7.23. The molecule has 0 aliphatic heterocycles. The van der Waals surface area contributed by atoms with Gasteiger partial charge in [-0.15, -0.1) is 0 Å². The first-order valence-electron chi connectivity index (χ1n) is 10.6. The lowest BCUT2D eigenvalue weighted by atomic mass is 10.0. The van der Waals surface area contributed by atoms with Crippen molar-refractivity contribution in [3.8, 4) is 6.07 Å². The molecule has 0 bridgehead atoms. The molecule has 1 aromatic rings. The Morgan fingerprint density at radius 2 is 1.27 bits per heavy atom. The van der Waals surface area contributed by atoms with E-state index in [0.29, 0.717) is 12.0 Å². The van der Waals surface area contributed by atoms with Crippen LogP contribution in [-0.2, 0) is 4.79 Å². The van der Waals surface area contributed by atoms with Crippen molar-refractivity contribution in [3.05, 3.63) is 29.8 Å². The molecule has 0 atom stereocenters. The number of anilines is 1. The van der Waals surface area contributed by atoms with Gasteiger partial charge in [-0.3, -0.25) is 4.79 Å². The Morgan fingerprint density at radius 1 is 0.808 bits per heavy atom. The van der Waals surface area contributed by atoms with E-state index in [1.54, 1.807) is 24.3 Å². The van der Waals surface area contributed by atoms with Gasteiger partial charge in [0.2, 0.25) is 5.91 Å². The van der Waals surface area contributed by atoms with E-state index in [9.17, 15) is 4.79 Å². The first-order chi connectivity index (χ1) is 12.8. The summed E-state index contributed by atoms with van der Waals surface area (Å²) >= 11 is 0.